The summed E-state index contributed by atoms with van der Waals surface area (Å²) in [5, 5.41) is 2.74. The van der Waals surface area contributed by atoms with Crippen LogP contribution in [0.1, 0.15) is 54.2 Å². The molecule has 34 heavy (non-hydrogen) atoms. The van der Waals surface area contributed by atoms with E-state index in [4.69, 9.17) is 9.47 Å². The van der Waals surface area contributed by atoms with Gasteiger partial charge in [-0.1, -0.05) is 25.1 Å². The molecule has 1 unspecified atom stereocenters. The zero-order chi connectivity index (χ0) is 24.8. The normalized spacial score (nSPS) is 13.5. The lowest BCUT2D eigenvalue weighted by Gasteiger charge is -2.28. The Bertz CT molecular complexity index is 1080. The maximum atomic E-state index is 13.5. The van der Waals surface area contributed by atoms with Crippen molar-refractivity contribution >= 4 is 23.5 Å². The molecule has 2 amide bonds. The van der Waals surface area contributed by atoms with Crippen molar-refractivity contribution in [1.82, 2.24) is 4.90 Å². The molecule has 2 aromatic carbocycles. The molecule has 3 rings (SSSR count). The predicted octanol–water partition coefficient (Wildman–Crippen LogP) is 4.30. The first-order chi connectivity index (χ1) is 16.3. The van der Waals surface area contributed by atoms with E-state index in [0.29, 0.717) is 22.4 Å². The topological polar surface area (TPSA) is 94.2 Å². The highest BCUT2D eigenvalue weighted by molar-refractivity contribution is 6.07. The Labute approximate surface area is 195 Å². The maximum Gasteiger partial charge on any atom is 0.387 e. The van der Waals surface area contributed by atoms with Gasteiger partial charge >= 0.3 is 12.6 Å². The van der Waals surface area contributed by atoms with Crippen molar-refractivity contribution in [3.05, 3.63) is 53.1 Å². The molecule has 0 radical (unpaired) electrons. The van der Waals surface area contributed by atoms with Crippen LogP contribution < -0.4 is 14.8 Å². The third kappa shape index (κ3) is 5.44. The molecule has 0 aromatic heterocycles. The number of halogens is 2. The molecule has 1 aliphatic rings. The summed E-state index contributed by atoms with van der Waals surface area (Å²) >= 11 is 0. The molecule has 1 heterocycles. The number of ether oxygens (including phenoxy) is 3. The lowest BCUT2D eigenvalue weighted by Crippen LogP contribution is -2.31. The average molecular weight is 476 g/mol. The van der Waals surface area contributed by atoms with Crippen molar-refractivity contribution in [1.29, 1.82) is 0 Å². The predicted molar refractivity (Wildman–Crippen MR) is 119 cm³/mol. The van der Waals surface area contributed by atoms with Crippen LogP contribution in [0.5, 0.6) is 11.5 Å². The van der Waals surface area contributed by atoms with Gasteiger partial charge in [0.25, 0.3) is 5.91 Å². The fraction of sp³-hybridized carbons (Fsp3) is 0.375. The molecule has 0 fully saturated rings. The van der Waals surface area contributed by atoms with E-state index in [9.17, 15) is 23.2 Å². The van der Waals surface area contributed by atoms with Crippen molar-refractivity contribution < 1.29 is 37.4 Å². The minimum atomic E-state index is -3.04. The SMILES string of the molecule is CCOc1cc(C(CC(=O)OC)N2Cc3cccc(NC(=O)CC)c3C2=O)ccc1OC(F)F. The molecular weight excluding hydrogens is 450 g/mol. The quantitative estimate of drug-likeness (QED) is 0.514. The number of nitrogens with one attached hydrogen (secondary N) is 1. The second kappa shape index (κ2) is 11.0. The number of amides is 2. The number of benzene rings is 2. The van der Waals surface area contributed by atoms with Crippen molar-refractivity contribution in [2.45, 2.75) is 45.9 Å². The number of nitrogens with zero attached hydrogens (tertiary/aromatic N) is 1. The van der Waals surface area contributed by atoms with Crippen LogP contribution in [-0.4, -0.2) is 43.0 Å². The van der Waals surface area contributed by atoms with Crippen LogP contribution in [0.15, 0.2) is 36.4 Å². The van der Waals surface area contributed by atoms with E-state index in [-0.39, 0.29) is 49.3 Å². The average Bonchev–Trinajstić information content (AvgIpc) is 3.15. The van der Waals surface area contributed by atoms with Crippen LogP contribution in [0.4, 0.5) is 14.5 Å². The van der Waals surface area contributed by atoms with Gasteiger partial charge in [-0.25, -0.2) is 0 Å². The number of hydrogen-bond acceptors (Lipinski definition) is 6. The van der Waals surface area contributed by atoms with E-state index in [1.54, 1.807) is 32.0 Å². The number of carbonyl (C=O) groups is 3. The van der Waals surface area contributed by atoms with Crippen LogP contribution >= 0.6 is 0 Å². The Hall–Kier alpha value is -3.69. The van der Waals surface area contributed by atoms with Gasteiger partial charge in [0.1, 0.15) is 0 Å². The first-order valence-corrected chi connectivity index (χ1v) is 10.8. The minimum absolute atomic E-state index is 0.0650. The highest BCUT2D eigenvalue weighted by atomic mass is 19.3. The van der Waals surface area contributed by atoms with Crippen molar-refractivity contribution in [3.8, 4) is 11.5 Å². The van der Waals surface area contributed by atoms with E-state index in [1.165, 1.54) is 30.2 Å². The molecule has 182 valence electrons. The minimum Gasteiger partial charge on any atom is -0.490 e. The second-order valence-corrected chi connectivity index (χ2v) is 7.49. The number of fused-ring (bicyclic) bond motifs is 1. The molecule has 8 nitrogen and oxygen atoms in total. The summed E-state index contributed by atoms with van der Waals surface area (Å²) in [5.41, 5.74) is 1.92. The molecule has 10 heteroatoms. The largest absolute Gasteiger partial charge is 0.490 e. The second-order valence-electron chi connectivity index (χ2n) is 7.49. The third-order valence-corrected chi connectivity index (χ3v) is 5.39. The molecule has 2 aromatic rings. The fourth-order valence-corrected chi connectivity index (χ4v) is 3.82. The highest BCUT2D eigenvalue weighted by Crippen LogP contribution is 2.39. The van der Waals surface area contributed by atoms with E-state index < -0.39 is 18.6 Å². The maximum absolute atomic E-state index is 13.5. The van der Waals surface area contributed by atoms with Gasteiger partial charge in [-0.2, -0.15) is 8.78 Å². The number of hydrogen-bond donors (Lipinski definition) is 1. The van der Waals surface area contributed by atoms with Gasteiger partial charge < -0.3 is 24.4 Å². The fourth-order valence-electron chi connectivity index (χ4n) is 3.82. The Morgan fingerprint density at radius 3 is 2.56 bits per heavy atom. The standard InChI is InChI=1S/C24H26F2N2O6/c1-4-20(29)27-16-8-6-7-15-13-28(23(31)22(15)16)17(12-21(30)32-3)14-9-10-18(34-24(25)26)19(11-14)33-5-2/h6-11,17,24H,4-5,12-13H2,1-3H3,(H,27,29). The molecule has 0 bridgehead atoms. The first-order valence-electron chi connectivity index (χ1n) is 10.8. The Balaban J connectivity index is 2.01. The summed E-state index contributed by atoms with van der Waals surface area (Å²) in [6, 6.07) is 8.68. The Morgan fingerprint density at radius 2 is 1.91 bits per heavy atom. The molecule has 1 atom stereocenters. The van der Waals surface area contributed by atoms with Gasteiger partial charge in [-0.05, 0) is 36.2 Å². The lowest BCUT2D eigenvalue weighted by atomic mass is 10.0. The van der Waals surface area contributed by atoms with Crippen LogP contribution in [0.3, 0.4) is 0 Å². The first kappa shape index (κ1) is 24.9. The number of anilines is 1. The van der Waals surface area contributed by atoms with E-state index >= 15 is 0 Å². The summed E-state index contributed by atoms with van der Waals surface area (Å²) in [7, 11) is 1.24. The smallest absolute Gasteiger partial charge is 0.387 e. The third-order valence-electron chi connectivity index (χ3n) is 5.39. The molecule has 1 N–H and O–H groups in total. The zero-order valence-electron chi connectivity index (χ0n) is 19.1. The monoisotopic (exact) mass is 476 g/mol. The van der Waals surface area contributed by atoms with Crippen LogP contribution in [0.2, 0.25) is 0 Å². The van der Waals surface area contributed by atoms with Crippen LogP contribution in [0.25, 0.3) is 0 Å². The zero-order valence-corrected chi connectivity index (χ0v) is 19.1. The van der Waals surface area contributed by atoms with Crippen molar-refractivity contribution in [2.75, 3.05) is 19.0 Å². The van der Waals surface area contributed by atoms with Gasteiger partial charge in [0.2, 0.25) is 5.91 Å². The summed E-state index contributed by atoms with van der Waals surface area (Å²) < 4.78 is 40.4. The summed E-state index contributed by atoms with van der Waals surface area (Å²) in [4.78, 5) is 39.1. The molecule has 0 saturated carbocycles. The lowest BCUT2D eigenvalue weighted by molar-refractivity contribution is -0.141. The van der Waals surface area contributed by atoms with Gasteiger partial charge in [0, 0.05) is 13.0 Å². The van der Waals surface area contributed by atoms with Gasteiger partial charge in [-0.15, -0.1) is 0 Å². The molecule has 1 aliphatic heterocycles. The number of esters is 1. The van der Waals surface area contributed by atoms with Crippen molar-refractivity contribution in [2.24, 2.45) is 0 Å². The van der Waals surface area contributed by atoms with Crippen LogP contribution in [0, 0.1) is 0 Å². The van der Waals surface area contributed by atoms with E-state index in [2.05, 4.69) is 10.1 Å². The van der Waals surface area contributed by atoms with E-state index in [1.807, 2.05) is 0 Å². The summed E-state index contributed by atoms with van der Waals surface area (Å²) in [5.74, 6) is -1.25. The van der Waals surface area contributed by atoms with Crippen LogP contribution in [-0.2, 0) is 20.9 Å². The summed E-state index contributed by atoms with van der Waals surface area (Å²) in [6.07, 6.45) is 0.0767. The van der Waals surface area contributed by atoms with Gasteiger partial charge in [0.05, 0.1) is 37.4 Å². The Kier molecular flexibility index (Phi) is 8.04. The number of methoxy groups -OCH3 is 1. The van der Waals surface area contributed by atoms with Crippen molar-refractivity contribution in [3.63, 3.8) is 0 Å². The highest BCUT2D eigenvalue weighted by Gasteiger charge is 2.37. The number of alkyl halides is 2. The number of carbonyl (C=O) groups excluding carboxylic acids is 3. The number of rotatable bonds is 10. The molecule has 0 aliphatic carbocycles. The van der Waals surface area contributed by atoms with Gasteiger partial charge in [0.15, 0.2) is 11.5 Å². The van der Waals surface area contributed by atoms with Gasteiger partial charge in [-0.3, -0.25) is 14.4 Å². The van der Waals surface area contributed by atoms with E-state index in [0.717, 1.165) is 0 Å². The molecule has 0 spiro atoms. The molecule has 0 saturated heterocycles. The summed E-state index contributed by atoms with van der Waals surface area (Å²) in [6.45, 7) is 0.736. The molecular formula is C24H26F2N2O6. The Morgan fingerprint density at radius 1 is 1.15 bits per heavy atom.